The molecule has 3 N–H and O–H groups in total. The van der Waals surface area contributed by atoms with E-state index in [4.69, 9.17) is 15.9 Å². The van der Waals surface area contributed by atoms with Crippen LogP contribution in [0, 0.1) is 12.3 Å². The molecule has 0 spiro atoms. The SMILES string of the molecule is C#Cc1ccc(C(C(=O)NCCC(=O)OCC)N(CCCCCCC)C(=O)C(CO)NC(=O)OC(C)(C)C)cc1. The minimum Gasteiger partial charge on any atom is -0.466 e. The predicted octanol–water partition coefficient (Wildman–Crippen LogP) is 3.46. The van der Waals surface area contributed by atoms with Crippen LogP contribution in [0.25, 0.3) is 0 Å². The number of carbonyl (C=O) groups is 4. The molecule has 0 heterocycles. The summed E-state index contributed by atoms with van der Waals surface area (Å²) >= 11 is 0. The zero-order valence-electron chi connectivity index (χ0n) is 24.5. The average Bonchev–Trinajstić information content (AvgIpc) is 2.90. The zero-order chi connectivity index (χ0) is 30.1. The second-order valence-electron chi connectivity index (χ2n) is 10.3. The van der Waals surface area contributed by atoms with Gasteiger partial charge in [-0.05, 0) is 51.8 Å². The average molecular weight is 560 g/mol. The number of alkyl carbamates (subject to hydrolysis) is 1. The number of rotatable bonds is 16. The zero-order valence-corrected chi connectivity index (χ0v) is 24.5. The highest BCUT2D eigenvalue weighted by molar-refractivity contribution is 5.92. The number of hydrogen-bond acceptors (Lipinski definition) is 7. The summed E-state index contributed by atoms with van der Waals surface area (Å²) in [5.74, 6) is 0.909. The van der Waals surface area contributed by atoms with Crippen LogP contribution >= 0.6 is 0 Å². The first-order chi connectivity index (χ1) is 19.0. The topological polar surface area (TPSA) is 134 Å². The third kappa shape index (κ3) is 12.5. The van der Waals surface area contributed by atoms with E-state index in [0.717, 1.165) is 25.7 Å². The van der Waals surface area contributed by atoms with Gasteiger partial charge in [0.15, 0.2) is 0 Å². The van der Waals surface area contributed by atoms with Crippen LogP contribution < -0.4 is 10.6 Å². The minimum atomic E-state index is -1.34. The number of hydrogen-bond donors (Lipinski definition) is 3. The van der Waals surface area contributed by atoms with Gasteiger partial charge in [-0.15, -0.1) is 6.42 Å². The van der Waals surface area contributed by atoms with Gasteiger partial charge in [-0.25, -0.2) is 4.79 Å². The molecule has 1 aromatic rings. The number of benzene rings is 1. The van der Waals surface area contributed by atoms with E-state index >= 15 is 0 Å². The highest BCUT2D eigenvalue weighted by atomic mass is 16.6. The Morgan fingerprint density at radius 3 is 2.25 bits per heavy atom. The van der Waals surface area contributed by atoms with Gasteiger partial charge in [0, 0.05) is 18.7 Å². The van der Waals surface area contributed by atoms with Crippen LogP contribution in [0.4, 0.5) is 4.79 Å². The maximum absolute atomic E-state index is 13.8. The predicted molar refractivity (Wildman–Crippen MR) is 152 cm³/mol. The highest BCUT2D eigenvalue weighted by Crippen LogP contribution is 2.24. The molecule has 0 saturated carbocycles. The van der Waals surface area contributed by atoms with Crippen LogP contribution in [-0.2, 0) is 23.9 Å². The van der Waals surface area contributed by atoms with E-state index in [1.165, 1.54) is 4.90 Å². The Morgan fingerprint density at radius 1 is 1.05 bits per heavy atom. The number of nitrogens with zero attached hydrogens (tertiary/aromatic N) is 1. The third-order valence-electron chi connectivity index (χ3n) is 5.84. The van der Waals surface area contributed by atoms with Crippen molar-refractivity contribution in [2.45, 2.75) is 90.8 Å². The third-order valence-corrected chi connectivity index (χ3v) is 5.84. The summed E-state index contributed by atoms with van der Waals surface area (Å²) in [7, 11) is 0. The van der Waals surface area contributed by atoms with Crippen molar-refractivity contribution >= 4 is 23.9 Å². The number of carbonyl (C=O) groups excluding carboxylic acids is 4. The molecule has 0 aliphatic carbocycles. The Labute approximate surface area is 238 Å². The Hall–Kier alpha value is -3.58. The quantitative estimate of drug-likeness (QED) is 0.160. The van der Waals surface area contributed by atoms with Crippen molar-refractivity contribution in [2.24, 2.45) is 0 Å². The van der Waals surface area contributed by atoms with Gasteiger partial charge in [0.05, 0.1) is 19.6 Å². The molecule has 0 saturated heterocycles. The lowest BCUT2D eigenvalue weighted by Crippen LogP contribution is -2.54. The molecule has 10 heteroatoms. The molecule has 0 aliphatic heterocycles. The van der Waals surface area contributed by atoms with Crippen molar-refractivity contribution in [1.82, 2.24) is 15.5 Å². The second-order valence-corrected chi connectivity index (χ2v) is 10.3. The summed E-state index contributed by atoms with van der Waals surface area (Å²) < 4.78 is 10.2. The fourth-order valence-corrected chi connectivity index (χ4v) is 3.94. The smallest absolute Gasteiger partial charge is 0.408 e. The van der Waals surface area contributed by atoms with Gasteiger partial charge in [-0.3, -0.25) is 14.4 Å². The first-order valence-corrected chi connectivity index (χ1v) is 13.9. The summed E-state index contributed by atoms with van der Waals surface area (Å²) in [5.41, 5.74) is 0.276. The van der Waals surface area contributed by atoms with Gasteiger partial charge in [0.2, 0.25) is 11.8 Å². The number of ether oxygens (including phenoxy) is 2. The van der Waals surface area contributed by atoms with Gasteiger partial charge in [-0.2, -0.15) is 0 Å². The van der Waals surface area contributed by atoms with Crippen molar-refractivity contribution in [3.8, 4) is 12.3 Å². The van der Waals surface area contributed by atoms with Crippen LogP contribution in [0.5, 0.6) is 0 Å². The molecule has 0 aromatic heterocycles. The monoisotopic (exact) mass is 559 g/mol. The first-order valence-electron chi connectivity index (χ1n) is 13.9. The second kappa shape index (κ2) is 17.9. The van der Waals surface area contributed by atoms with Gasteiger partial charge in [0.1, 0.15) is 17.7 Å². The van der Waals surface area contributed by atoms with E-state index in [2.05, 4.69) is 23.5 Å². The summed E-state index contributed by atoms with van der Waals surface area (Å²) in [4.78, 5) is 53.0. The van der Waals surface area contributed by atoms with Gasteiger partial charge >= 0.3 is 12.1 Å². The van der Waals surface area contributed by atoms with Crippen LogP contribution in [0.2, 0.25) is 0 Å². The summed E-state index contributed by atoms with van der Waals surface area (Å²) in [6.07, 6.45) is 9.08. The van der Waals surface area contributed by atoms with Crippen molar-refractivity contribution in [3.63, 3.8) is 0 Å². The number of terminal acetylenes is 1. The Balaban J connectivity index is 3.36. The number of aliphatic hydroxyl groups excluding tert-OH is 1. The van der Waals surface area contributed by atoms with Crippen molar-refractivity contribution in [3.05, 3.63) is 35.4 Å². The largest absolute Gasteiger partial charge is 0.466 e. The Bertz CT molecular complexity index is 996. The number of nitrogens with one attached hydrogen (secondary N) is 2. The maximum atomic E-state index is 13.8. The molecule has 10 nitrogen and oxygen atoms in total. The molecule has 0 radical (unpaired) electrons. The number of unbranched alkanes of at least 4 members (excludes halogenated alkanes) is 4. The molecule has 2 unspecified atom stereocenters. The highest BCUT2D eigenvalue weighted by Gasteiger charge is 2.36. The van der Waals surface area contributed by atoms with Gasteiger partial charge < -0.3 is 30.1 Å². The lowest BCUT2D eigenvalue weighted by Gasteiger charge is -2.34. The van der Waals surface area contributed by atoms with Crippen LogP contribution in [0.15, 0.2) is 24.3 Å². The molecule has 1 rings (SSSR count). The molecule has 3 amide bonds. The molecular formula is C30H45N3O7. The number of amides is 3. The standard InChI is InChI=1S/C30H45N3O7/c1-7-10-11-12-13-20-33(28(37)24(21-34)32-29(38)40-30(4,5)6)26(23-16-14-22(8-2)15-17-23)27(36)31-19-18-25(35)39-9-3/h2,14-17,24,26,34H,7,9-13,18-21H2,1,3-6H3,(H,31,36)(H,32,38). The molecule has 0 bridgehead atoms. The Kier molecular flexibility index (Phi) is 15.4. The van der Waals surface area contributed by atoms with E-state index in [-0.39, 0.29) is 26.1 Å². The van der Waals surface area contributed by atoms with E-state index < -0.39 is 48.2 Å². The normalized spacial score (nSPS) is 12.4. The van der Waals surface area contributed by atoms with Gasteiger partial charge in [-0.1, -0.05) is 50.7 Å². The van der Waals surface area contributed by atoms with E-state index in [1.54, 1.807) is 52.0 Å². The maximum Gasteiger partial charge on any atom is 0.408 e. The van der Waals surface area contributed by atoms with Crippen LogP contribution in [0.1, 0.15) is 90.3 Å². The lowest BCUT2D eigenvalue weighted by molar-refractivity contribution is -0.144. The fourth-order valence-electron chi connectivity index (χ4n) is 3.94. The van der Waals surface area contributed by atoms with Crippen molar-refractivity contribution < 1.29 is 33.8 Å². The van der Waals surface area contributed by atoms with E-state index in [0.29, 0.717) is 17.5 Å². The lowest BCUT2D eigenvalue weighted by atomic mass is 10.0. The summed E-state index contributed by atoms with van der Waals surface area (Å²) in [6.45, 7) is 8.57. The van der Waals surface area contributed by atoms with E-state index in [1.807, 2.05) is 0 Å². The number of aliphatic hydroxyl groups is 1. The summed E-state index contributed by atoms with van der Waals surface area (Å²) in [5, 5.41) is 15.2. The molecule has 0 aliphatic rings. The van der Waals surface area contributed by atoms with Crippen molar-refractivity contribution in [1.29, 1.82) is 0 Å². The molecule has 222 valence electrons. The minimum absolute atomic E-state index is 0.00865. The van der Waals surface area contributed by atoms with Crippen LogP contribution in [0.3, 0.4) is 0 Å². The van der Waals surface area contributed by atoms with E-state index in [9.17, 15) is 24.3 Å². The molecule has 1 aromatic carbocycles. The molecular weight excluding hydrogens is 514 g/mol. The molecule has 2 atom stereocenters. The molecule has 40 heavy (non-hydrogen) atoms. The Morgan fingerprint density at radius 2 is 1.70 bits per heavy atom. The van der Waals surface area contributed by atoms with Crippen molar-refractivity contribution in [2.75, 3.05) is 26.3 Å². The fraction of sp³-hybridized carbons (Fsp3) is 0.600. The first kappa shape index (κ1) is 34.4. The molecule has 0 fully saturated rings. The number of esters is 1. The van der Waals surface area contributed by atoms with Gasteiger partial charge in [0.25, 0.3) is 0 Å². The van der Waals surface area contributed by atoms with Crippen LogP contribution in [-0.4, -0.2) is 71.8 Å². The summed E-state index contributed by atoms with van der Waals surface area (Å²) in [6, 6.07) is 4.21.